The van der Waals surface area contributed by atoms with Gasteiger partial charge in [-0.3, -0.25) is 0 Å². The highest BCUT2D eigenvalue weighted by Gasteiger charge is 2.35. The number of benzene rings is 1. The first-order valence-corrected chi connectivity index (χ1v) is 7.94. The van der Waals surface area contributed by atoms with E-state index in [0.29, 0.717) is 19.7 Å². The summed E-state index contributed by atoms with van der Waals surface area (Å²) in [6.45, 7) is 6.72. The Kier molecular flexibility index (Phi) is 3.93. The molecular formula is C13H18ClNO3S. The number of aryl methyl sites for hydroxylation is 1. The number of hydrogen-bond acceptors (Lipinski definition) is 3. The first kappa shape index (κ1) is 14.8. The van der Waals surface area contributed by atoms with E-state index in [1.807, 2.05) is 20.8 Å². The molecular weight excluding hydrogens is 286 g/mol. The highest BCUT2D eigenvalue weighted by molar-refractivity contribution is 7.89. The maximum Gasteiger partial charge on any atom is 0.244 e. The Balaban J connectivity index is 2.37. The average Bonchev–Trinajstić information content (AvgIpc) is 2.27. The molecule has 0 N–H and O–H groups in total. The van der Waals surface area contributed by atoms with Crippen molar-refractivity contribution in [1.82, 2.24) is 4.31 Å². The second-order valence-corrected chi connectivity index (χ2v) is 7.69. The molecule has 0 bridgehead atoms. The Morgan fingerprint density at radius 2 is 2.05 bits per heavy atom. The predicted octanol–water partition coefficient (Wildman–Crippen LogP) is 2.45. The van der Waals surface area contributed by atoms with Crippen molar-refractivity contribution in [2.45, 2.75) is 31.3 Å². The van der Waals surface area contributed by atoms with Crippen molar-refractivity contribution in [3.8, 4) is 0 Å². The van der Waals surface area contributed by atoms with E-state index in [9.17, 15) is 8.42 Å². The van der Waals surface area contributed by atoms with Gasteiger partial charge in [0.2, 0.25) is 10.0 Å². The summed E-state index contributed by atoms with van der Waals surface area (Å²) < 4.78 is 32.2. The van der Waals surface area contributed by atoms with E-state index in [2.05, 4.69) is 0 Å². The molecule has 0 saturated carbocycles. The summed E-state index contributed by atoms with van der Waals surface area (Å²) in [5.41, 5.74) is 0.467. The minimum atomic E-state index is -3.56. The number of nitrogens with zero attached hydrogens (tertiary/aromatic N) is 1. The zero-order valence-corrected chi connectivity index (χ0v) is 12.9. The van der Waals surface area contributed by atoms with Crippen LogP contribution in [0.5, 0.6) is 0 Å². The Morgan fingerprint density at radius 3 is 2.63 bits per heavy atom. The molecule has 0 radical (unpaired) electrons. The SMILES string of the molecule is Cc1ccc(S(=O)(=O)N2CCOC(C)(C)C2)c(Cl)c1. The lowest BCUT2D eigenvalue weighted by molar-refractivity contribution is -0.0640. The third-order valence-electron chi connectivity index (χ3n) is 3.10. The molecule has 4 nitrogen and oxygen atoms in total. The maximum atomic E-state index is 12.6. The van der Waals surface area contributed by atoms with Gasteiger partial charge in [-0.1, -0.05) is 17.7 Å². The van der Waals surface area contributed by atoms with Gasteiger partial charge in [0.05, 0.1) is 17.2 Å². The van der Waals surface area contributed by atoms with Crippen LogP contribution in [0.2, 0.25) is 5.02 Å². The van der Waals surface area contributed by atoms with E-state index in [0.717, 1.165) is 5.56 Å². The minimum absolute atomic E-state index is 0.164. The van der Waals surface area contributed by atoms with E-state index in [4.69, 9.17) is 16.3 Å². The lowest BCUT2D eigenvalue weighted by Crippen LogP contribution is -2.50. The number of morpholine rings is 1. The molecule has 1 aliphatic heterocycles. The summed E-state index contributed by atoms with van der Waals surface area (Å²) in [6, 6.07) is 4.99. The van der Waals surface area contributed by atoms with Crippen LogP contribution in [0, 0.1) is 6.92 Å². The van der Waals surface area contributed by atoms with Crippen molar-refractivity contribution in [1.29, 1.82) is 0 Å². The van der Waals surface area contributed by atoms with Crippen molar-refractivity contribution in [2.75, 3.05) is 19.7 Å². The molecule has 0 spiro atoms. The van der Waals surface area contributed by atoms with Crippen molar-refractivity contribution in [3.63, 3.8) is 0 Å². The molecule has 0 amide bonds. The van der Waals surface area contributed by atoms with E-state index in [1.165, 1.54) is 4.31 Å². The van der Waals surface area contributed by atoms with Crippen LogP contribution in [0.15, 0.2) is 23.1 Å². The molecule has 2 rings (SSSR count). The van der Waals surface area contributed by atoms with Gasteiger partial charge in [0.25, 0.3) is 0 Å². The van der Waals surface area contributed by atoms with Gasteiger partial charge in [-0.25, -0.2) is 8.42 Å². The number of ether oxygens (including phenoxy) is 1. The van der Waals surface area contributed by atoms with E-state index < -0.39 is 15.6 Å². The standard InChI is InChI=1S/C13H18ClNO3S/c1-10-4-5-12(11(14)8-10)19(16,17)15-6-7-18-13(2,3)9-15/h4-5,8H,6-7,9H2,1-3H3. The minimum Gasteiger partial charge on any atom is -0.373 e. The fraction of sp³-hybridized carbons (Fsp3) is 0.538. The van der Waals surface area contributed by atoms with Gasteiger partial charge in [0, 0.05) is 13.1 Å². The van der Waals surface area contributed by atoms with E-state index in [-0.39, 0.29) is 9.92 Å². The second-order valence-electron chi connectivity index (χ2n) is 5.38. The van der Waals surface area contributed by atoms with Crippen molar-refractivity contribution < 1.29 is 13.2 Å². The topological polar surface area (TPSA) is 46.6 Å². The number of sulfonamides is 1. The average molecular weight is 304 g/mol. The molecule has 1 aliphatic rings. The molecule has 1 saturated heterocycles. The first-order chi connectivity index (χ1) is 8.72. The number of rotatable bonds is 2. The second kappa shape index (κ2) is 5.05. The number of halogens is 1. The Hall–Kier alpha value is -0.620. The quantitative estimate of drug-likeness (QED) is 0.843. The van der Waals surface area contributed by atoms with E-state index >= 15 is 0 Å². The van der Waals surface area contributed by atoms with Crippen LogP contribution in [0.4, 0.5) is 0 Å². The Labute approximate surface area is 119 Å². The highest BCUT2D eigenvalue weighted by atomic mass is 35.5. The summed E-state index contributed by atoms with van der Waals surface area (Å²) in [4.78, 5) is 0.164. The molecule has 1 aromatic carbocycles. The van der Waals surface area contributed by atoms with Crippen LogP contribution in [-0.4, -0.2) is 38.0 Å². The monoisotopic (exact) mass is 303 g/mol. The van der Waals surface area contributed by atoms with Gasteiger partial charge < -0.3 is 4.74 Å². The van der Waals surface area contributed by atoms with Crippen LogP contribution in [0.25, 0.3) is 0 Å². The van der Waals surface area contributed by atoms with Crippen molar-refractivity contribution in [2.24, 2.45) is 0 Å². The predicted molar refractivity (Wildman–Crippen MR) is 75.0 cm³/mol. The lowest BCUT2D eigenvalue weighted by atomic mass is 10.1. The normalized spacial score (nSPS) is 20.4. The van der Waals surface area contributed by atoms with Crippen LogP contribution in [-0.2, 0) is 14.8 Å². The Bertz CT molecular complexity index is 584. The molecule has 0 aliphatic carbocycles. The lowest BCUT2D eigenvalue weighted by Gasteiger charge is -2.37. The van der Waals surface area contributed by atoms with Gasteiger partial charge in [0.1, 0.15) is 4.90 Å². The third-order valence-corrected chi connectivity index (χ3v) is 5.42. The molecule has 19 heavy (non-hydrogen) atoms. The molecule has 1 heterocycles. The van der Waals surface area contributed by atoms with Crippen molar-refractivity contribution >= 4 is 21.6 Å². The van der Waals surface area contributed by atoms with Crippen molar-refractivity contribution in [3.05, 3.63) is 28.8 Å². The van der Waals surface area contributed by atoms with Crippen LogP contribution < -0.4 is 0 Å². The molecule has 106 valence electrons. The molecule has 6 heteroatoms. The largest absolute Gasteiger partial charge is 0.373 e. The summed E-state index contributed by atoms with van der Waals surface area (Å²) in [5.74, 6) is 0. The highest BCUT2D eigenvalue weighted by Crippen LogP contribution is 2.28. The summed E-state index contributed by atoms with van der Waals surface area (Å²) in [5, 5.41) is 0.268. The molecule has 1 aromatic rings. The fourth-order valence-corrected chi connectivity index (χ4v) is 4.28. The number of hydrogen-bond donors (Lipinski definition) is 0. The molecule has 1 fully saturated rings. The van der Waals surface area contributed by atoms with Gasteiger partial charge >= 0.3 is 0 Å². The summed E-state index contributed by atoms with van der Waals surface area (Å²) in [7, 11) is -3.56. The van der Waals surface area contributed by atoms with Gasteiger partial charge in [0.15, 0.2) is 0 Å². The smallest absolute Gasteiger partial charge is 0.244 e. The summed E-state index contributed by atoms with van der Waals surface area (Å²) >= 11 is 6.07. The molecule has 0 unspecified atom stereocenters. The first-order valence-electron chi connectivity index (χ1n) is 6.13. The zero-order valence-electron chi connectivity index (χ0n) is 11.3. The van der Waals surface area contributed by atoms with Crippen LogP contribution >= 0.6 is 11.6 Å². The zero-order chi connectivity index (χ0) is 14.3. The van der Waals surface area contributed by atoms with Crippen LogP contribution in [0.3, 0.4) is 0 Å². The third kappa shape index (κ3) is 3.11. The maximum absolute atomic E-state index is 12.6. The molecule has 0 aromatic heterocycles. The van der Waals surface area contributed by atoms with E-state index in [1.54, 1.807) is 18.2 Å². The fourth-order valence-electron chi connectivity index (χ4n) is 2.13. The summed E-state index contributed by atoms with van der Waals surface area (Å²) in [6.07, 6.45) is 0. The molecule has 0 atom stereocenters. The van der Waals surface area contributed by atoms with Gasteiger partial charge in [-0.2, -0.15) is 4.31 Å². The Morgan fingerprint density at radius 1 is 1.37 bits per heavy atom. The van der Waals surface area contributed by atoms with Gasteiger partial charge in [-0.05, 0) is 38.5 Å². The van der Waals surface area contributed by atoms with Crippen LogP contribution in [0.1, 0.15) is 19.4 Å². The van der Waals surface area contributed by atoms with Gasteiger partial charge in [-0.15, -0.1) is 0 Å².